The normalized spacial score (nSPS) is 11.0. The highest BCUT2D eigenvalue weighted by Gasteiger charge is 2.10. The molecular weight excluding hydrogens is 294 g/mol. The van der Waals surface area contributed by atoms with Gasteiger partial charge in [-0.1, -0.05) is 47.7 Å². The molecule has 22 heavy (non-hydrogen) atoms. The van der Waals surface area contributed by atoms with Crippen LogP contribution in [0.4, 0.5) is 0 Å². The molecule has 0 bridgehead atoms. The number of rotatable bonds is 3. The topological polar surface area (TPSA) is 60.9 Å². The Balaban J connectivity index is 1.96. The van der Waals surface area contributed by atoms with Crippen LogP contribution in [0.5, 0.6) is 0 Å². The number of thioether (sulfide) groups is 1. The molecule has 0 radical (unpaired) electrons. The number of hydrogen-bond acceptors (Lipinski definition) is 4. The summed E-state index contributed by atoms with van der Waals surface area (Å²) in [7, 11) is 0. The number of nitrogens with zero attached hydrogens (tertiary/aromatic N) is 2. The minimum absolute atomic E-state index is 0.214. The van der Waals surface area contributed by atoms with Crippen molar-refractivity contribution in [2.24, 2.45) is 0 Å². The molecule has 5 heteroatoms. The molecular formula is C17H17N3OS. The van der Waals surface area contributed by atoms with Gasteiger partial charge < -0.3 is 5.84 Å². The SMILES string of the molecule is Cc1ccc(C)c(CSc2nc3ccccc3c(=O)n2N)c1. The molecule has 112 valence electrons. The van der Waals surface area contributed by atoms with Gasteiger partial charge in [-0.05, 0) is 37.1 Å². The Morgan fingerprint density at radius 3 is 2.77 bits per heavy atom. The second-order valence-electron chi connectivity index (χ2n) is 5.31. The van der Waals surface area contributed by atoms with Crippen LogP contribution in [0.3, 0.4) is 0 Å². The number of nitrogens with two attached hydrogens (primary N) is 1. The van der Waals surface area contributed by atoms with E-state index in [1.54, 1.807) is 6.07 Å². The summed E-state index contributed by atoms with van der Waals surface area (Å²) in [6.07, 6.45) is 0. The predicted molar refractivity (Wildman–Crippen MR) is 91.6 cm³/mol. The first kappa shape index (κ1) is 14.7. The van der Waals surface area contributed by atoms with Crippen molar-refractivity contribution in [3.8, 4) is 0 Å². The zero-order valence-electron chi connectivity index (χ0n) is 12.5. The summed E-state index contributed by atoms with van der Waals surface area (Å²) in [5.41, 5.74) is 4.14. The molecule has 0 amide bonds. The van der Waals surface area contributed by atoms with Crippen LogP contribution in [0, 0.1) is 13.8 Å². The highest BCUT2D eigenvalue weighted by Crippen LogP contribution is 2.23. The second kappa shape index (κ2) is 5.85. The Morgan fingerprint density at radius 1 is 1.18 bits per heavy atom. The van der Waals surface area contributed by atoms with Crippen molar-refractivity contribution in [3.63, 3.8) is 0 Å². The number of fused-ring (bicyclic) bond motifs is 1. The molecule has 2 aromatic carbocycles. The van der Waals surface area contributed by atoms with E-state index < -0.39 is 0 Å². The quantitative estimate of drug-likeness (QED) is 0.459. The van der Waals surface area contributed by atoms with Crippen LogP contribution in [0.1, 0.15) is 16.7 Å². The van der Waals surface area contributed by atoms with Gasteiger partial charge in [-0.2, -0.15) is 0 Å². The molecule has 3 rings (SSSR count). The van der Waals surface area contributed by atoms with Gasteiger partial charge in [0.1, 0.15) is 0 Å². The molecule has 0 aliphatic rings. The number of aromatic nitrogens is 2. The summed E-state index contributed by atoms with van der Waals surface area (Å²) in [5, 5.41) is 1.07. The van der Waals surface area contributed by atoms with E-state index in [0.717, 1.165) is 10.4 Å². The average Bonchev–Trinajstić information content (AvgIpc) is 2.52. The Labute approximate surface area is 133 Å². The Morgan fingerprint density at radius 2 is 1.95 bits per heavy atom. The monoisotopic (exact) mass is 311 g/mol. The van der Waals surface area contributed by atoms with E-state index in [2.05, 4.69) is 37.0 Å². The third-order valence-corrected chi connectivity index (χ3v) is 4.64. The predicted octanol–water partition coefficient (Wildman–Crippen LogP) is 3.02. The minimum atomic E-state index is -0.214. The van der Waals surface area contributed by atoms with E-state index in [1.807, 2.05) is 18.2 Å². The van der Waals surface area contributed by atoms with Gasteiger partial charge in [-0.15, -0.1) is 0 Å². The van der Waals surface area contributed by atoms with Crippen molar-refractivity contribution < 1.29 is 0 Å². The minimum Gasteiger partial charge on any atom is -0.334 e. The Bertz CT molecular complexity index is 902. The number of para-hydroxylation sites is 1. The van der Waals surface area contributed by atoms with Gasteiger partial charge in [0.25, 0.3) is 5.56 Å². The van der Waals surface area contributed by atoms with Gasteiger partial charge in [0.05, 0.1) is 10.9 Å². The number of aryl methyl sites for hydroxylation is 2. The van der Waals surface area contributed by atoms with Crippen molar-refractivity contribution in [2.75, 3.05) is 5.84 Å². The first-order chi connectivity index (χ1) is 10.6. The third-order valence-electron chi connectivity index (χ3n) is 3.64. The maximum absolute atomic E-state index is 12.3. The van der Waals surface area contributed by atoms with Crippen molar-refractivity contribution in [3.05, 3.63) is 69.5 Å². The van der Waals surface area contributed by atoms with Crippen molar-refractivity contribution in [1.82, 2.24) is 9.66 Å². The molecule has 2 N–H and O–H groups in total. The highest BCUT2D eigenvalue weighted by atomic mass is 32.2. The molecule has 0 unspecified atom stereocenters. The van der Waals surface area contributed by atoms with Crippen LogP contribution < -0.4 is 11.4 Å². The molecule has 0 saturated heterocycles. The zero-order valence-corrected chi connectivity index (χ0v) is 13.4. The lowest BCUT2D eigenvalue weighted by Gasteiger charge is -2.10. The molecule has 0 aliphatic carbocycles. The number of nitrogen functional groups attached to an aromatic ring is 1. The third kappa shape index (κ3) is 2.72. The largest absolute Gasteiger partial charge is 0.334 e. The van der Waals surface area contributed by atoms with Crippen LogP contribution in [0.15, 0.2) is 52.4 Å². The Kier molecular flexibility index (Phi) is 3.90. The van der Waals surface area contributed by atoms with Gasteiger partial charge in [0.2, 0.25) is 0 Å². The number of hydrogen-bond donors (Lipinski definition) is 1. The fourth-order valence-electron chi connectivity index (χ4n) is 2.33. The number of benzene rings is 2. The van der Waals surface area contributed by atoms with E-state index in [9.17, 15) is 4.79 Å². The van der Waals surface area contributed by atoms with Gasteiger partial charge in [-0.3, -0.25) is 4.79 Å². The van der Waals surface area contributed by atoms with Crippen molar-refractivity contribution >= 4 is 22.7 Å². The summed E-state index contributed by atoms with van der Waals surface area (Å²) >= 11 is 1.48. The molecule has 0 fully saturated rings. The maximum atomic E-state index is 12.3. The van der Waals surface area contributed by atoms with E-state index in [0.29, 0.717) is 16.1 Å². The van der Waals surface area contributed by atoms with Crippen LogP contribution in [-0.4, -0.2) is 9.66 Å². The summed E-state index contributed by atoms with van der Waals surface area (Å²) in [4.78, 5) is 16.8. The lowest BCUT2D eigenvalue weighted by Crippen LogP contribution is -2.29. The van der Waals surface area contributed by atoms with E-state index in [1.165, 1.54) is 28.5 Å². The zero-order chi connectivity index (χ0) is 15.7. The fraction of sp³-hybridized carbons (Fsp3) is 0.176. The van der Waals surface area contributed by atoms with Crippen LogP contribution in [-0.2, 0) is 5.75 Å². The fourth-order valence-corrected chi connectivity index (χ4v) is 3.31. The molecule has 4 nitrogen and oxygen atoms in total. The molecule has 0 aliphatic heterocycles. The lowest BCUT2D eigenvalue weighted by atomic mass is 10.1. The van der Waals surface area contributed by atoms with E-state index >= 15 is 0 Å². The first-order valence-corrected chi connectivity index (χ1v) is 8.00. The van der Waals surface area contributed by atoms with Crippen molar-refractivity contribution in [2.45, 2.75) is 24.8 Å². The summed E-state index contributed by atoms with van der Waals surface area (Å²) in [5.74, 6) is 6.63. The molecule has 0 spiro atoms. The van der Waals surface area contributed by atoms with Crippen LogP contribution >= 0.6 is 11.8 Å². The van der Waals surface area contributed by atoms with Crippen LogP contribution in [0.2, 0.25) is 0 Å². The molecule has 1 heterocycles. The molecule has 1 aromatic heterocycles. The Hall–Kier alpha value is -2.27. The first-order valence-electron chi connectivity index (χ1n) is 7.02. The van der Waals surface area contributed by atoms with Crippen molar-refractivity contribution in [1.29, 1.82) is 0 Å². The van der Waals surface area contributed by atoms with E-state index in [4.69, 9.17) is 5.84 Å². The molecule has 3 aromatic rings. The second-order valence-corrected chi connectivity index (χ2v) is 6.25. The van der Waals surface area contributed by atoms with Gasteiger partial charge >= 0.3 is 0 Å². The van der Waals surface area contributed by atoms with Gasteiger partial charge in [0, 0.05) is 5.75 Å². The van der Waals surface area contributed by atoms with Gasteiger partial charge in [0.15, 0.2) is 5.16 Å². The summed E-state index contributed by atoms with van der Waals surface area (Å²) in [6, 6.07) is 13.6. The molecule has 0 atom stereocenters. The summed E-state index contributed by atoms with van der Waals surface area (Å²) in [6.45, 7) is 4.15. The maximum Gasteiger partial charge on any atom is 0.280 e. The average molecular weight is 311 g/mol. The molecule has 0 saturated carbocycles. The standard InChI is InChI=1S/C17H17N3OS/c1-11-7-8-12(2)13(9-11)10-22-17-19-15-6-4-3-5-14(15)16(21)20(17)18/h3-9H,10,18H2,1-2H3. The highest BCUT2D eigenvalue weighted by molar-refractivity contribution is 7.98. The van der Waals surface area contributed by atoms with Gasteiger partial charge in [-0.25, -0.2) is 9.66 Å². The smallest absolute Gasteiger partial charge is 0.280 e. The van der Waals surface area contributed by atoms with E-state index in [-0.39, 0.29) is 5.56 Å². The van der Waals surface area contributed by atoms with Crippen LogP contribution in [0.25, 0.3) is 10.9 Å². The summed E-state index contributed by atoms with van der Waals surface area (Å²) < 4.78 is 1.14. The lowest BCUT2D eigenvalue weighted by molar-refractivity contribution is 0.779.